The van der Waals surface area contributed by atoms with Gasteiger partial charge in [0.15, 0.2) is 0 Å². The Balaban J connectivity index is 3.07. The van der Waals surface area contributed by atoms with E-state index in [1.807, 2.05) is 27.7 Å². The fraction of sp³-hybridized carbons (Fsp3) is 0.571. The molecule has 0 bridgehead atoms. The second-order valence-corrected chi connectivity index (χ2v) is 4.57. The van der Waals surface area contributed by atoms with Crippen molar-refractivity contribution in [1.82, 2.24) is 5.32 Å². The Bertz CT molecular complexity index is 368. The highest BCUT2D eigenvalue weighted by atomic mass is 19.1. The number of anilines is 1. The molecule has 1 aromatic carbocycles. The summed E-state index contributed by atoms with van der Waals surface area (Å²) in [6.07, 6.45) is 0. The van der Waals surface area contributed by atoms with E-state index >= 15 is 0 Å². The summed E-state index contributed by atoms with van der Waals surface area (Å²) < 4.78 is 28.1. The average molecular weight is 256 g/mol. The molecule has 0 fully saturated rings. The molecule has 18 heavy (non-hydrogen) atoms. The third-order valence-electron chi connectivity index (χ3n) is 2.91. The first-order valence-corrected chi connectivity index (χ1v) is 6.46. The number of hydrogen-bond acceptors (Lipinski definition) is 2. The minimum atomic E-state index is -0.488. The number of nitrogens with one attached hydrogen (secondary N) is 1. The highest BCUT2D eigenvalue weighted by molar-refractivity contribution is 5.51. The lowest BCUT2D eigenvalue weighted by molar-refractivity contribution is 0.554. The van der Waals surface area contributed by atoms with Gasteiger partial charge in [-0.15, -0.1) is 0 Å². The van der Waals surface area contributed by atoms with Crippen molar-refractivity contribution in [2.45, 2.75) is 40.3 Å². The highest BCUT2D eigenvalue weighted by Crippen LogP contribution is 2.26. The molecule has 0 saturated heterocycles. The number of rotatable bonds is 6. The van der Waals surface area contributed by atoms with Crippen LogP contribution in [-0.4, -0.2) is 19.1 Å². The fourth-order valence-electron chi connectivity index (χ4n) is 2.05. The summed E-state index contributed by atoms with van der Waals surface area (Å²) in [5.74, 6) is -0.975. The molecule has 0 aliphatic rings. The maximum atomic E-state index is 14.0. The van der Waals surface area contributed by atoms with Crippen LogP contribution >= 0.6 is 0 Å². The van der Waals surface area contributed by atoms with Crippen molar-refractivity contribution in [3.05, 3.63) is 29.3 Å². The Morgan fingerprint density at radius 2 is 1.72 bits per heavy atom. The van der Waals surface area contributed by atoms with Crippen molar-refractivity contribution < 1.29 is 8.78 Å². The van der Waals surface area contributed by atoms with E-state index in [1.54, 1.807) is 4.90 Å². The zero-order valence-corrected chi connectivity index (χ0v) is 11.6. The lowest BCUT2D eigenvalue weighted by atomic mass is 10.1. The van der Waals surface area contributed by atoms with E-state index in [0.29, 0.717) is 18.7 Å². The van der Waals surface area contributed by atoms with Crippen molar-refractivity contribution >= 4 is 5.69 Å². The molecule has 4 heteroatoms. The molecular weight excluding hydrogens is 234 g/mol. The summed E-state index contributed by atoms with van der Waals surface area (Å²) in [4.78, 5) is 1.72. The predicted molar refractivity (Wildman–Crippen MR) is 71.9 cm³/mol. The molecule has 0 unspecified atom stereocenters. The molecule has 0 atom stereocenters. The predicted octanol–water partition coefficient (Wildman–Crippen LogP) is 3.31. The first-order chi connectivity index (χ1) is 8.51. The monoisotopic (exact) mass is 256 g/mol. The van der Waals surface area contributed by atoms with Crippen LogP contribution in [0.5, 0.6) is 0 Å². The van der Waals surface area contributed by atoms with Crippen molar-refractivity contribution in [1.29, 1.82) is 0 Å². The molecule has 0 saturated carbocycles. The van der Waals surface area contributed by atoms with E-state index in [4.69, 9.17) is 0 Å². The maximum absolute atomic E-state index is 14.0. The fourth-order valence-corrected chi connectivity index (χ4v) is 2.05. The molecule has 0 spiro atoms. The van der Waals surface area contributed by atoms with Gasteiger partial charge in [-0.05, 0) is 45.0 Å². The molecule has 1 aromatic rings. The van der Waals surface area contributed by atoms with E-state index in [2.05, 4.69) is 5.32 Å². The third kappa shape index (κ3) is 3.42. The summed E-state index contributed by atoms with van der Waals surface area (Å²) in [5.41, 5.74) is 0.711. The molecule has 1 rings (SSSR count). The van der Waals surface area contributed by atoms with E-state index in [9.17, 15) is 8.78 Å². The lowest BCUT2D eigenvalue weighted by Crippen LogP contribution is -2.32. The van der Waals surface area contributed by atoms with Crippen molar-refractivity contribution in [3.8, 4) is 0 Å². The Hall–Kier alpha value is -1.16. The van der Waals surface area contributed by atoms with Gasteiger partial charge in [-0.2, -0.15) is 0 Å². The summed E-state index contributed by atoms with van der Waals surface area (Å²) in [6, 6.07) is 2.89. The van der Waals surface area contributed by atoms with E-state index in [1.165, 1.54) is 12.1 Å². The molecule has 0 aliphatic heterocycles. The van der Waals surface area contributed by atoms with Crippen molar-refractivity contribution in [3.63, 3.8) is 0 Å². The molecule has 0 aliphatic carbocycles. The molecule has 0 aromatic heterocycles. The van der Waals surface area contributed by atoms with Gasteiger partial charge in [0.2, 0.25) is 0 Å². The number of hydrogen-bond donors (Lipinski definition) is 1. The van der Waals surface area contributed by atoms with Crippen LogP contribution in [0, 0.1) is 11.6 Å². The number of benzene rings is 1. The van der Waals surface area contributed by atoms with Gasteiger partial charge in [-0.3, -0.25) is 0 Å². The normalized spacial score (nSPS) is 11.1. The Morgan fingerprint density at radius 1 is 1.17 bits per heavy atom. The second-order valence-electron chi connectivity index (χ2n) is 4.57. The van der Waals surface area contributed by atoms with Crippen LogP contribution in [0.2, 0.25) is 0 Å². The van der Waals surface area contributed by atoms with Crippen molar-refractivity contribution in [2.24, 2.45) is 0 Å². The molecule has 0 amide bonds. The van der Waals surface area contributed by atoms with Gasteiger partial charge in [0.25, 0.3) is 0 Å². The Kier molecular flexibility index (Phi) is 5.54. The van der Waals surface area contributed by atoms with Gasteiger partial charge >= 0.3 is 0 Å². The smallest absolute Gasteiger partial charge is 0.149 e. The molecule has 1 N–H and O–H groups in total. The Morgan fingerprint density at radius 3 is 2.11 bits per heavy atom. The van der Waals surface area contributed by atoms with Crippen molar-refractivity contribution in [2.75, 3.05) is 18.0 Å². The van der Waals surface area contributed by atoms with Crippen LogP contribution in [0.1, 0.15) is 33.3 Å². The van der Waals surface area contributed by atoms with Crippen LogP contribution in [0.3, 0.4) is 0 Å². The van der Waals surface area contributed by atoms with E-state index in [-0.39, 0.29) is 11.7 Å². The van der Waals surface area contributed by atoms with Gasteiger partial charge < -0.3 is 10.2 Å². The second kappa shape index (κ2) is 6.69. The number of halogens is 2. The van der Waals surface area contributed by atoms with Gasteiger partial charge in [-0.1, -0.05) is 6.92 Å². The summed E-state index contributed by atoms with van der Waals surface area (Å²) in [5, 5.41) is 3.06. The summed E-state index contributed by atoms with van der Waals surface area (Å²) in [7, 11) is 0. The van der Waals surface area contributed by atoms with Crippen LogP contribution in [0.4, 0.5) is 14.5 Å². The third-order valence-corrected chi connectivity index (χ3v) is 2.91. The van der Waals surface area contributed by atoms with E-state index in [0.717, 1.165) is 6.54 Å². The average Bonchev–Trinajstić information content (AvgIpc) is 2.30. The molecular formula is C14H22F2N2. The zero-order chi connectivity index (χ0) is 13.7. The summed E-state index contributed by atoms with van der Waals surface area (Å²) >= 11 is 0. The SMILES string of the molecule is CCNCc1cc(F)c(N(CC)C(C)C)c(F)c1. The maximum Gasteiger partial charge on any atom is 0.149 e. The highest BCUT2D eigenvalue weighted by Gasteiger charge is 2.18. The van der Waals surface area contributed by atoms with E-state index < -0.39 is 11.6 Å². The first kappa shape index (κ1) is 14.9. The zero-order valence-electron chi connectivity index (χ0n) is 11.6. The summed E-state index contributed by atoms with van der Waals surface area (Å²) in [6.45, 7) is 9.54. The quantitative estimate of drug-likeness (QED) is 0.840. The minimum Gasteiger partial charge on any atom is -0.365 e. The van der Waals surface area contributed by atoms with Gasteiger partial charge in [0, 0.05) is 19.1 Å². The molecule has 2 nitrogen and oxygen atoms in total. The molecule has 0 heterocycles. The van der Waals surface area contributed by atoms with Gasteiger partial charge in [0.05, 0.1) is 0 Å². The van der Waals surface area contributed by atoms with Gasteiger partial charge in [-0.25, -0.2) is 8.78 Å². The Labute approximate surface area is 108 Å². The molecule has 102 valence electrons. The minimum absolute atomic E-state index is 0.0682. The lowest BCUT2D eigenvalue weighted by Gasteiger charge is -2.28. The topological polar surface area (TPSA) is 15.3 Å². The molecule has 0 radical (unpaired) electrons. The van der Waals surface area contributed by atoms with Crippen LogP contribution in [0.25, 0.3) is 0 Å². The van der Waals surface area contributed by atoms with Crippen LogP contribution < -0.4 is 10.2 Å². The van der Waals surface area contributed by atoms with Crippen LogP contribution in [0.15, 0.2) is 12.1 Å². The first-order valence-electron chi connectivity index (χ1n) is 6.46. The van der Waals surface area contributed by atoms with Crippen LogP contribution in [-0.2, 0) is 6.54 Å². The van der Waals surface area contributed by atoms with Gasteiger partial charge in [0.1, 0.15) is 17.3 Å². The standard InChI is InChI=1S/C14H22F2N2/c1-5-17-9-11-7-12(15)14(13(16)8-11)18(6-2)10(3)4/h7-8,10,17H,5-6,9H2,1-4H3. The number of nitrogens with zero attached hydrogens (tertiary/aromatic N) is 1. The largest absolute Gasteiger partial charge is 0.365 e.